The van der Waals surface area contributed by atoms with E-state index in [-0.39, 0.29) is 19.3 Å². The summed E-state index contributed by atoms with van der Waals surface area (Å²) >= 11 is 1.74. The van der Waals surface area contributed by atoms with Crippen LogP contribution in [0.15, 0.2) is 48.5 Å². The number of fused-ring (bicyclic) bond motifs is 1. The first-order valence-electron chi connectivity index (χ1n) is 11.7. The number of rotatable bonds is 11. The number of aldehydes is 1. The predicted octanol–water partition coefficient (Wildman–Crippen LogP) is 4.49. The number of aryl methyl sites for hydroxylation is 1. The van der Waals surface area contributed by atoms with E-state index in [4.69, 9.17) is 4.84 Å². The van der Waals surface area contributed by atoms with Gasteiger partial charge in [0.1, 0.15) is 11.0 Å². The number of hydrogen-bond acceptors (Lipinski definition) is 6. The monoisotopic (exact) mass is 494 g/mol. The molecule has 3 rings (SSSR count). The van der Waals surface area contributed by atoms with Crippen LogP contribution in [0.2, 0.25) is 0 Å². The summed E-state index contributed by atoms with van der Waals surface area (Å²) in [5.74, 6) is -0.841. The molecule has 0 N–H and O–H groups in total. The van der Waals surface area contributed by atoms with Crippen LogP contribution in [0, 0.1) is 0 Å². The maximum absolute atomic E-state index is 12.1. The molecule has 35 heavy (non-hydrogen) atoms. The lowest BCUT2D eigenvalue weighted by Crippen LogP contribution is -2.35. The van der Waals surface area contributed by atoms with Crippen molar-refractivity contribution in [3.8, 4) is 0 Å². The number of unbranched alkanes of at least 4 members (excludes halogenated alkanes) is 1. The number of carbonyl (C=O) groups excluding carboxylic acids is 3. The maximum Gasteiger partial charge on any atom is 0.332 e. The summed E-state index contributed by atoms with van der Waals surface area (Å²) in [7, 11) is 5.45. The fourth-order valence-electron chi connectivity index (χ4n) is 3.59. The molecule has 2 aromatic carbocycles. The Balaban J connectivity index is 1.60. The number of hydroxylamine groups is 2. The van der Waals surface area contributed by atoms with Crippen molar-refractivity contribution in [1.29, 1.82) is 0 Å². The first kappa shape index (κ1) is 26.1. The van der Waals surface area contributed by atoms with Crippen LogP contribution in [0.5, 0.6) is 0 Å². The van der Waals surface area contributed by atoms with Crippen LogP contribution in [0.3, 0.4) is 0 Å². The van der Waals surface area contributed by atoms with Gasteiger partial charge in [0.05, 0.1) is 0 Å². The van der Waals surface area contributed by atoms with E-state index in [9.17, 15) is 14.4 Å². The first-order valence-corrected chi connectivity index (χ1v) is 12.5. The number of nitrogens with zero attached hydrogens (tertiary/aromatic N) is 3. The SMILES string of the molecule is CN(OC(=O)CCCC[n+]1c(/C=C/c2ccc(N(C)C)cc2)sc2ccccc21)C(=O)CCC=O. The van der Waals surface area contributed by atoms with Crippen LogP contribution < -0.4 is 9.47 Å². The van der Waals surface area contributed by atoms with Crippen LogP contribution in [-0.4, -0.2) is 44.4 Å². The van der Waals surface area contributed by atoms with Gasteiger partial charge in [-0.15, -0.1) is 0 Å². The van der Waals surface area contributed by atoms with Crippen molar-refractivity contribution >= 4 is 57.6 Å². The van der Waals surface area contributed by atoms with Gasteiger partial charge in [-0.05, 0) is 36.3 Å². The summed E-state index contributed by atoms with van der Waals surface area (Å²) in [6.07, 6.45) is 6.74. The maximum atomic E-state index is 12.1. The average Bonchev–Trinajstić information content (AvgIpc) is 3.21. The van der Waals surface area contributed by atoms with Gasteiger partial charge in [0.2, 0.25) is 5.52 Å². The van der Waals surface area contributed by atoms with Crippen molar-refractivity contribution in [2.75, 3.05) is 26.0 Å². The molecule has 0 saturated carbocycles. The molecule has 8 heteroatoms. The van der Waals surface area contributed by atoms with E-state index in [2.05, 4.69) is 58.0 Å². The summed E-state index contributed by atoms with van der Waals surface area (Å²) in [6, 6.07) is 16.7. The molecular weight excluding hydrogens is 462 g/mol. The number of amides is 1. The van der Waals surface area contributed by atoms with Crippen molar-refractivity contribution in [2.45, 2.75) is 38.6 Å². The second-order valence-corrected chi connectivity index (χ2v) is 9.46. The lowest BCUT2D eigenvalue weighted by molar-refractivity contribution is -0.669. The summed E-state index contributed by atoms with van der Waals surface area (Å²) in [6.45, 7) is 0.768. The van der Waals surface area contributed by atoms with Crippen molar-refractivity contribution in [3.63, 3.8) is 0 Å². The summed E-state index contributed by atoms with van der Waals surface area (Å²) in [5.41, 5.74) is 3.46. The Kier molecular flexibility index (Phi) is 9.55. The Hall–Kier alpha value is -3.52. The highest BCUT2D eigenvalue weighted by molar-refractivity contribution is 7.18. The highest BCUT2D eigenvalue weighted by Crippen LogP contribution is 2.23. The normalized spacial score (nSPS) is 11.1. The molecule has 0 bridgehead atoms. The third kappa shape index (κ3) is 7.48. The minimum Gasteiger partial charge on any atom is -0.378 e. The molecule has 0 spiro atoms. The van der Waals surface area contributed by atoms with Crippen molar-refractivity contribution in [1.82, 2.24) is 5.06 Å². The van der Waals surface area contributed by atoms with E-state index < -0.39 is 11.9 Å². The molecule has 0 aliphatic rings. The molecule has 7 nitrogen and oxygen atoms in total. The Labute approximate surface area is 210 Å². The molecule has 1 amide bonds. The van der Waals surface area contributed by atoms with E-state index in [1.165, 1.54) is 17.3 Å². The molecular formula is C27H32N3O4S+. The number of carbonyl (C=O) groups is 3. The number of hydrogen-bond donors (Lipinski definition) is 0. The third-order valence-corrected chi connectivity index (χ3v) is 6.67. The fourth-order valence-corrected chi connectivity index (χ4v) is 4.68. The zero-order valence-electron chi connectivity index (χ0n) is 20.5. The Morgan fingerprint density at radius 3 is 2.43 bits per heavy atom. The van der Waals surface area contributed by atoms with Crippen LogP contribution in [0.1, 0.15) is 42.7 Å². The Morgan fingerprint density at radius 1 is 0.971 bits per heavy atom. The van der Waals surface area contributed by atoms with Gasteiger partial charge >= 0.3 is 5.97 Å². The van der Waals surface area contributed by atoms with Crippen LogP contribution in [0.4, 0.5) is 5.69 Å². The molecule has 184 valence electrons. The minimum absolute atomic E-state index is 0.0330. The third-order valence-electron chi connectivity index (χ3n) is 5.54. The smallest absolute Gasteiger partial charge is 0.332 e. The van der Waals surface area contributed by atoms with Crippen LogP contribution in [-0.2, 0) is 25.8 Å². The largest absolute Gasteiger partial charge is 0.378 e. The summed E-state index contributed by atoms with van der Waals surface area (Å²) < 4.78 is 3.50. The lowest BCUT2D eigenvalue weighted by atomic mass is 10.2. The minimum atomic E-state index is -0.451. The van der Waals surface area contributed by atoms with Crippen molar-refractivity contribution < 1.29 is 23.8 Å². The van der Waals surface area contributed by atoms with Crippen LogP contribution in [0.25, 0.3) is 22.4 Å². The van der Waals surface area contributed by atoms with Gasteiger partial charge in [0, 0.05) is 64.7 Å². The van der Waals surface area contributed by atoms with Gasteiger partial charge < -0.3 is 14.5 Å². The molecule has 0 unspecified atom stereocenters. The second kappa shape index (κ2) is 12.8. The standard InChI is InChI=1S/C27H32N3O4S/c1-28(2)22-16-13-21(14-17-22)15-18-26-30(23-9-4-5-10-24(23)35-26)19-7-6-12-27(33)34-29(3)25(32)11-8-20-31/h4-5,9-10,13-18,20H,6-8,11-12,19H2,1-3H3/q+1. The van der Waals surface area contributed by atoms with Gasteiger partial charge in [-0.3, -0.25) is 4.79 Å². The molecule has 0 aliphatic heterocycles. The zero-order valence-corrected chi connectivity index (χ0v) is 21.3. The topological polar surface area (TPSA) is 70.8 Å². The molecule has 1 aromatic heterocycles. The van der Waals surface area contributed by atoms with Gasteiger partial charge in [0.25, 0.3) is 10.9 Å². The van der Waals surface area contributed by atoms with Crippen molar-refractivity contribution in [3.05, 3.63) is 59.1 Å². The number of para-hydroxylation sites is 1. The van der Waals surface area contributed by atoms with E-state index in [0.29, 0.717) is 12.7 Å². The number of anilines is 1. The van der Waals surface area contributed by atoms with E-state index in [1.807, 2.05) is 26.2 Å². The molecule has 0 aliphatic carbocycles. The second-order valence-electron chi connectivity index (χ2n) is 8.40. The predicted molar refractivity (Wildman–Crippen MR) is 140 cm³/mol. The Bertz CT molecular complexity index is 1180. The van der Waals surface area contributed by atoms with Crippen LogP contribution >= 0.6 is 11.3 Å². The number of thiazole rings is 1. The molecule has 0 radical (unpaired) electrons. The van der Waals surface area contributed by atoms with E-state index in [1.54, 1.807) is 11.3 Å². The molecule has 0 saturated heterocycles. The molecule has 0 atom stereocenters. The highest BCUT2D eigenvalue weighted by Gasteiger charge is 2.19. The van der Waals surface area contributed by atoms with E-state index >= 15 is 0 Å². The van der Waals surface area contributed by atoms with Gasteiger partial charge in [0.15, 0.2) is 6.54 Å². The zero-order chi connectivity index (χ0) is 25.2. The number of benzene rings is 2. The Morgan fingerprint density at radius 2 is 1.71 bits per heavy atom. The van der Waals surface area contributed by atoms with E-state index in [0.717, 1.165) is 34.3 Å². The van der Waals surface area contributed by atoms with Gasteiger partial charge in [-0.2, -0.15) is 9.63 Å². The molecule has 3 aromatic rings. The molecule has 1 heterocycles. The first-order chi connectivity index (χ1) is 16.9. The van der Waals surface area contributed by atoms with Gasteiger partial charge in [-0.1, -0.05) is 35.6 Å². The highest BCUT2D eigenvalue weighted by atomic mass is 32.1. The fraction of sp³-hybridized carbons (Fsp3) is 0.333. The van der Waals surface area contributed by atoms with Gasteiger partial charge in [-0.25, -0.2) is 4.79 Å². The summed E-state index contributed by atoms with van der Waals surface area (Å²) in [5, 5.41) is 2.06. The van der Waals surface area contributed by atoms with Crippen molar-refractivity contribution in [2.24, 2.45) is 0 Å². The summed E-state index contributed by atoms with van der Waals surface area (Å²) in [4.78, 5) is 41.4. The number of aromatic nitrogens is 1. The average molecular weight is 495 g/mol. The lowest BCUT2D eigenvalue weighted by Gasteiger charge is -2.15. The quantitative estimate of drug-likeness (QED) is 0.170. The molecule has 0 fully saturated rings.